The summed E-state index contributed by atoms with van der Waals surface area (Å²) in [6.45, 7) is 5.72. The van der Waals surface area contributed by atoms with Crippen molar-refractivity contribution >= 4 is 45.7 Å². The van der Waals surface area contributed by atoms with E-state index in [0.717, 1.165) is 81.3 Å². The number of piperidine rings is 2. The highest BCUT2D eigenvalue weighted by molar-refractivity contribution is 6.07. The number of carbonyl (C=O) groups excluding carboxylic acids is 4. The minimum absolute atomic E-state index is 0.0211. The summed E-state index contributed by atoms with van der Waals surface area (Å²) in [5.41, 5.74) is 6.14. The number of nitrogens with zero attached hydrogens (tertiary/aromatic N) is 3. The highest BCUT2D eigenvalue weighted by Gasteiger charge is 2.65. The Balaban J connectivity index is 0.879. The van der Waals surface area contributed by atoms with Crippen molar-refractivity contribution in [1.82, 2.24) is 35.4 Å². The van der Waals surface area contributed by atoms with E-state index in [2.05, 4.69) is 86.2 Å². The maximum absolute atomic E-state index is 14.5. The predicted octanol–water partition coefficient (Wildman–Crippen LogP) is 8.65. The third kappa shape index (κ3) is 7.60. The minimum atomic E-state index is -0.890. The van der Waals surface area contributed by atoms with Crippen LogP contribution >= 0.6 is 0 Å². The normalized spacial score (nSPS) is 26.1. The molecule has 5 fully saturated rings. The molecule has 2 saturated heterocycles. The Kier molecular flexibility index (Phi) is 11.4. The number of rotatable bonds is 12. The van der Waals surface area contributed by atoms with Crippen LogP contribution in [0.15, 0.2) is 66.9 Å². The zero-order chi connectivity index (χ0) is 45.3. The second kappa shape index (κ2) is 17.2. The summed E-state index contributed by atoms with van der Waals surface area (Å²) in [6, 6.07) is 20.0. The molecule has 10 atom stereocenters. The fourth-order valence-corrected chi connectivity index (χ4v) is 12.4. The first-order valence-corrected chi connectivity index (χ1v) is 23.5. The number of hydrogen-bond acceptors (Lipinski definition) is 8. The smallest absolute Gasteiger partial charge is 0.407 e. The van der Waals surface area contributed by atoms with Crippen molar-refractivity contribution in [2.45, 2.75) is 114 Å². The molecule has 2 aliphatic heterocycles. The van der Waals surface area contributed by atoms with Gasteiger partial charge in [-0.05, 0) is 96.4 Å². The fourth-order valence-electron chi connectivity index (χ4n) is 12.4. The Hall–Kier alpha value is -5.89. The van der Waals surface area contributed by atoms with Crippen molar-refractivity contribution in [2.24, 2.45) is 29.6 Å². The molecule has 0 spiro atoms. The molecule has 14 heteroatoms. The largest absolute Gasteiger partial charge is 0.453 e. The number of carbonyl (C=O) groups is 4. The van der Waals surface area contributed by atoms with Gasteiger partial charge < -0.3 is 44.6 Å². The van der Waals surface area contributed by atoms with Crippen LogP contribution in [0.5, 0.6) is 0 Å². The molecule has 4 heterocycles. The summed E-state index contributed by atoms with van der Waals surface area (Å²) < 4.78 is 15.3. The Morgan fingerprint density at radius 3 is 2.11 bits per heavy atom. The van der Waals surface area contributed by atoms with Gasteiger partial charge in [0.25, 0.3) is 0 Å². The van der Waals surface area contributed by atoms with Gasteiger partial charge >= 0.3 is 12.2 Å². The topological polar surface area (TPSA) is 171 Å². The Morgan fingerprint density at radius 1 is 0.723 bits per heavy atom. The van der Waals surface area contributed by atoms with Crippen LogP contribution in [0.2, 0.25) is 0 Å². The second-order valence-electron chi connectivity index (χ2n) is 19.6. The molecule has 3 aliphatic carbocycles. The van der Waals surface area contributed by atoms with E-state index in [1.165, 1.54) is 47.0 Å². The zero-order valence-electron chi connectivity index (χ0n) is 38.1. The number of ether oxygens (including phenoxy) is 3. The average Bonchev–Trinajstić information content (AvgIpc) is 4.12. The molecule has 4 N–H and O–H groups in total. The van der Waals surface area contributed by atoms with Crippen LogP contribution in [-0.4, -0.2) is 100 Å². The number of imidazole rings is 1. The van der Waals surface area contributed by atoms with E-state index >= 15 is 0 Å². The Bertz CT molecular complexity index is 2620. The Morgan fingerprint density at radius 2 is 1.40 bits per heavy atom. The minimum Gasteiger partial charge on any atom is -0.453 e. The van der Waals surface area contributed by atoms with Crippen LogP contribution in [0.25, 0.3) is 44.1 Å². The van der Waals surface area contributed by atoms with Crippen molar-refractivity contribution in [2.75, 3.05) is 21.3 Å². The third-order valence-corrected chi connectivity index (χ3v) is 15.7. The Labute approximate surface area is 379 Å². The first kappa shape index (κ1) is 43.0. The van der Waals surface area contributed by atoms with Gasteiger partial charge in [0.05, 0.1) is 49.8 Å². The predicted molar refractivity (Wildman–Crippen MR) is 246 cm³/mol. The quantitative estimate of drug-likeness (QED) is 0.0965. The van der Waals surface area contributed by atoms with Gasteiger partial charge in [-0.1, -0.05) is 88.1 Å². The van der Waals surface area contributed by atoms with Crippen molar-refractivity contribution in [3.05, 3.63) is 78.4 Å². The standard InChI is InChI=1S/C51H61N7O7/c1-26(2)42(55-50(61)64-5)48(59)58-40(24-37-41(46(37)58)30-9-7-8-10-30)38-23-33-16-15-32-21-31(18-20-36(32)44(33)53-38)28-11-13-29(14-12-28)39-25-52-47(54-39)45-34-17-19-35(22-34)57(45)49(60)43(27(3)63-4)56-51(62)65-6/h11-16,18,20-21,23,25-27,30,34-35,37,40-43,45-46,53H,7-10,17,19,22,24H2,1-6H3,(H,52,54)(H,55,61)(H,56,62)/t27-,34+,35-,37+,40+,41?,42+,43+,45+,46+/m1/s1. The highest BCUT2D eigenvalue weighted by atomic mass is 16.5. The van der Waals surface area contributed by atoms with Gasteiger partial charge in [-0.25, -0.2) is 14.6 Å². The molecule has 14 nitrogen and oxygen atoms in total. The number of fused-ring (bicyclic) bond motifs is 6. The lowest BCUT2D eigenvalue weighted by Crippen LogP contribution is -2.56. The number of hydrogen-bond donors (Lipinski definition) is 4. The summed E-state index contributed by atoms with van der Waals surface area (Å²) >= 11 is 0. The molecule has 2 bridgehead atoms. The van der Waals surface area contributed by atoms with Crippen LogP contribution in [0.1, 0.15) is 95.7 Å². The average molecular weight is 884 g/mol. The summed E-state index contributed by atoms with van der Waals surface area (Å²) in [6.07, 6.45) is 8.82. The molecule has 5 aromatic rings. The SMILES string of the molecule is COC(=O)N[C@H](C(=O)N1[C@@H]2C(C3CCCC3)[C@@H]2C[C@H]1c1cc2ccc3cc(-c4ccc(-c5cnc([C@@H]6[C@H]7CC[C@H](C7)N6C(=O)[C@@H](NC(=O)OC)[C@@H](C)OC)[nH]5)cc4)ccc3c2[nH]1)C(C)C. The van der Waals surface area contributed by atoms with Gasteiger partial charge in [0.2, 0.25) is 11.8 Å². The maximum atomic E-state index is 14.5. The van der Waals surface area contributed by atoms with Gasteiger partial charge in [0.15, 0.2) is 0 Å². The van der Waals surface area contributed by atoms with E-state index in [1.807, 2.05) is 24.9 Å². The number of likely N-dealkylation sites (tertiary alicyclic amines) is 2. The van der Waals surface area contributed by atoms with Crippen LogP contribution in [-0.2, 0) is 23.8 Å². The molecule has 4 amide bonds. The van der Waals surface area contributed by atoms with E-state index in [1.54, 1.807) is 6.92 Å². The number of H-pyrrole nitrogens is 2. The first-order valence-electron chi connectivity index (χ1n) is 23.5. The number of aromatic amines is 2. The van der Waals surface area contributed by atoms with E-state index < -0.39 is 30.4 Å². The van der Waals surface area contributed by atoms with Crippen molar-refractivity contribution in [3.8, 4) is 22.4 Å². The van der Waals surface area contributed by atoms with Crippen molar-refractivity contribution in [1.29, 1.82) is 0 Å². The molecular weight excluding hydrogens is 823 g/mol. The number of methoxy groups -OCH3 is 3. The lowest BCUT2D eigenvalue weighted by atomic mass is 9.94. The summed E-state index contributed by atoms with van der Waals surface area (Å²) in [7, 11) is 4.15. The van der Waals surface area contributed by atoms with Crippen LogP contribution < -0.4 is 10.6 Å². The monoisotopic (exact) mass is 883 g/mol. The number of aromatic nitrogens is 3. The van der Waals surface area contributed by atoms with Gasteiger partial charge in [-0.3, -0.25) is 9.59 Å². The maximum Gasteiger partial charge on any atom is 0.407 e. The van der Waals surface area contributed by atoms with Crippen molar-refractivity contribution in [3.63, 3.8) is 0 Å². The number of benzene rings is 3. The zero-order valence-corrected chi connectivity index (χ0v) is 38.1. The van der Waals surface area contributed by atoms with E-state index in [-0.39, 0.29) is 47.8 Å². The van der Waals surface area contributed by atoms with Crippen LogP contribution in [0.3, 0.4) is 0 Å². The van der Waals surface area contributed by atoms with Gasteiger partial charge in [-0.15, -0.1) is 0 Å². The molecule has 342 valence electrons. The number of nitrogens with one attached hydrogen (secondary N) is 4. The van der Waals surface area contributed by atoms with Crippen molar-refractivity contribution < 1.29 is 33.4 Å². The van der Waals surface area contributed by atoms with Gasteiger partial charge in [0.1, 0.15) is 17.9 Å². The molecule has 10 rings (SSSR count). The van der Waals surface area contributed by atoms with Gasteiger partial charge in [0, 0.05) is 35.7 Å². The number of amides is 4. The lowest BCUT2D eigenvalue weighted by molar-refractivity contribution is -0.141. The number of alkyl carbamates (subject to hydrolysis) is 2. The third-order valence-electron chi connectivity index (χ3n) is 15.7. The molecule has 3 aromatic carbocycles. The first-order chi connectivity index (χ1) is 31.5. The fraction of sp³-hybridized carbons (Fsp3) is 0.510. The summed E-state index contributed by atoms with van der Waals surface area (Å²) in [5.74, 6) is 2.40. The van der Waals surface area contributed by atoms with Crippen LogP contribution in [0, 0.1) is 29.6 Å². The molecule has 5 aliphatic rings. The summed E-state index contributed by atoms with van der Waals surface area (Å²) in [4.78, 5) is 69.5. The van der Waals surface area contributed by atoms with E-state index in [0.29, 0.717) is 17.8 Å². The van der Waals surface area contributed by atoms with Gasteiger partial charge in [-0.2, -0.15) is 0 Å². The summed E-state index contributed by atoms with van der Waals surface area (Å²) in [5, 5.41) is 8.90. The highest BCUT2D eigenvalue weighted by Crippen LogP contribution is 2.63. The van der Waals surface area contributed by atoms with Crippen LogP contribution in [0.4, 0.5) is 9.59 Å². The molecule has 65 heavy (non-hydrogen) atoms. The molecular formula is C51H61N7O7. The molecule has 2 aromatic heterocycles. The molecule has 3 saturated carbocycles. The lowest BCUT2D eigenvalue weighted by Gasteiger charge is -2.37. The molecule has 1 unspecified atom stereocenters. The van der Waals surface area contributed by atoms with E-state index in [9.17, 15) is 19.2 Å². The molecule has 0 radical (unpaired) electrons. The van der Waals surface area contributed by atoms with E-state index in [4.69, 9.17) is 19.2 Å². The second-order valence-corrected chi connectivity index (χ2v) is 19.6.